The summed E-state index contributed by atoms with van der Waals surface area (Å²) in [6, 6.07) is 6.13. The van der Waals surface area contributed by atoms with E-state index < -0.39 is 11.9 Å². The van der Waals surface area contributed by atoms with E-state index in [4.69, 9.17) is 4.74 Å². The largest absolute Gasteiger partial charge is 0.494 e. The van der Waals surface area contributed by atoms with E-state index in [-0.39, 0.29) is 11.3 Å². The van der Waals surface area contributed by atoms with Crippen molar-refractivity contribution in [3.05, 3.63) is 53.9 Å². The molecule has 0 bridgehead atoms. The van der Waals surface area contributed by atoms with E-state index in [2.05, 4.69) is 9.97 Å². The highest BCUT2D eigenvalue weighted by molar-refractivity contribution is 5.35. The van der Waals surface area contributed by atoms with Crippen molar-refractivity contribution in [3.63, 3.8) is 0 Å². The number of ether oxygens (including phenoxy) is 1. The van der Waals surface area contributed by atoms with E-state index in [1.54, 1.807) is 6.07 Å². The summed E-state index contributed by atoms with van der Waals surface area (Å²) in [5.41, 5.74) is 0.468. The van der Waals surface area contributed by atoms with Gasteiger partial charge in [0.05, 0.1) is 12.8 Å². The number of aliphatic hydroxyl groups is 1. The molecule has 2 aromatic rings. The quantitative estimate of drug-likeness (QED) is 0.878. The minimum absolute atomic E-state index is 0.0932. The molecule has 88 valence electrons. The predicted octanol–water partition coefficient (Wildman–Crippen LogP) is 1.71. The number of halogens is 1. The lowest BCUT2D eigenvalue weighted by Crippen LogP contribution is -2.05. The van der Waals surface area contributed by atoms with Crippen LogP contribution in [0.4, 0.5) is 4.39 Å². The van der Waals surface area contributed by atoms with Crippen LogP contribution in [0.25, 0.3) is 0 Å². The van der Waals surface area contributed by atoms with E-state index in [9.17, 15) is 9.50 Å². The van der Waals surface area contributed by atoms with Gasteiger partial charge in [0, 0.05) is 11.8 Å². The zero-order valence-corrected chi connectivity index (χ0v) is 9.17. The summed E-state index contributed by atoms with van der Waals surface area (Å²) in [6.07, 6.45) is 1.66. The van der Waals surface area contributed by atoms with Crippen molar-refractivity contribution in [1.82, 2.24) is 9.97 Å². The number of methoxy groups -OCH3 is 1. The van der Waals surface area contributed by atoms with Crippen LogP contribution in [0.1, 0.15) is 17.4 Å². The molecular formula is C12H11FN2O2. The summed E-state index contributed by atoms with van der Waals surface area (Å²) in [5.74, 6) is -0.489. The van der Waals surface area contributed by atoms with Gasteiger partial charge in [-0.2, -0.15) is 0 Å². The van der Waals surface area contributed by atoms with Crippen molar-refractivity contribution in [2.24, 2.45) is 0 Å². The van der Waals surface area contributed by atoms with Crippen molar-refractivity contribution < 1.29 is 14.2 Å². The third-order valence-corrected chi connectivity index (χ3v) is 2.39. The molecule has 2 rings (SSSR count). The summed E-state index contributed by atoms with van der Waals surface area (Å²) in [6.45, 7) is 0. The van der Waals surface area contributed by atoms with E-state index in [0.717, 1.165) is 0 Å². The van der Waals surface area contributed by atoms with Gasteiger partial charge in [-0.3, -0.25) is 0 Å². The van der Waals surface area contributed by atoms with Gasteiger partial charge < -0.3 is 9.84 Å². The van der Waals surface area contributed by atoms with Gasteiger partial charge >= 0.3 is 0 Å². The Balaban J connectivity index is 2.41. The molecule has 0 saturated heterocycles. The molecule has 1 atom stereocenters. The van der Waals surface area contributed by atoms with Crippen molar-refractivity contribution in [1.29, 1.82) is 0 Å². The molecule has 0 fully saturated rings. The third kappa shape index (κ3) is 2.24. The van der Waals surface area contributed by atoms with Crippen molar-refractivity contribution in [3.8, 4) is 5.75 Å². The molecule has 1 aromatic heterocycles. The van der Waals surface area contributed by atoms with Crippen molar-refractivity contribution in [2.45, 2.75) is 6.10 Å². The van der Waals surface area contributed by atoms with Gasteiger partial charge in [-0.15, -0.1) is 0 Å². The molecule has 1 unspecified atom stereocenters. The molecule has 4 nitrogen and oxygen atoms in total. The molecule has 0 aliphatic rings. The van der Waals surface area contributed by atoms with E-state index in [0.29, 0.717) is 5.69 Å². The number of benzene rings is 1. The van der Waals surface area contributed by atoms with E-state index >= 15 is 0 Å². The molecule has 0 amide bonds. The molecule has 17 heavy (non-hydrogen) atoms. The fourth-order valence-electron chi connectivity index (χ4n) is 1.52. The summed E-state index contributed by atoms with van der Waals surface area (Å²) in [4.78, 5) is 7.62. The van der Waals surface area contributed by atoms with Gasteiger partial charge in [-0.05, 0) is 12.1 Å². The maximum atomic E-state index is 13.9. The molecular weight excluding hydrogens is 223 g/mol. The Labute approximate surface area is 97.7 Å². The average molecular weight is 234 g/mol. The lowest BCUT2D eigenvalue weighted by molar-refractivity contribution is 0.208. The molecule has 1 heterocycles. The standard InChI is InChI=1S/C12H11FN2O2/c1-17-10-4-2-3-8(11(10)13)12(16)9-5-6-14-7-15-9/h2-7,12,16H,1H3. The smallest absolute Gasteiger partial charge is 0.171 e. The molecule has 5 heteroatoms. The molecule has 0 aliphatic heterocycles. The number of aromatic nitrogens is 2. The second kappa shape index (κ2) is 4.88. The average Bonchev–Trinajstić information content (AvgIpc) is 2.39. The van der Waals surface area contributed by atoms with Gasteiger partial charge in [0.15, 0.2) is 11.6 Å². The summed E-state index contributed by atoms with van der Waals surface area (Å²) < 4.78 is 18.7. The monoisotopic (exact) mass is 234 g/mol. The van der Waals surface area contributed by atoms with Crippen LogP contribution in [0, 0.1) is 5.82 Å². The third-order valence-electron chi connectivity index (χ3n) is 2.39. The lowest BCUT2D eigenvalue weighted by atomic mass is 10.1. The van der Waals surface area contributed by atoms with Gasteiger partial charge in [-0.25, -0.2) is 14.4 Å². The molecule has 0 spiro atoms. The first-order chi connectivity index (χ1) is 8.24. The van der Waals surface area contributed by atoms with Crippen molar-refractivity contribution >= 4 is 0 Å². The van der Waals surface area contributed by atoms with Crippen LogP contribution >= 0.6 is 0 Å². The number of aliphatic hydroxyl groups excluding tert-OH is 1. The first kappa shape index (κ1) is 11.5. The fraction of sp³-hybridized carbons (Fsp3) is 0.167. The van der Waals surface area contributed by atoms with E-state index in [1.165, 1.54) is 37.8 Å². The highest BCUT2D eigenvalue weighted by Gasteiger charge is 2.18. The minimum atomic E-state index is -1.13. The van der Waals surface area contributed by atoms with Crippen LogP contribution in [-0.4, -0.2) is 22.2 Å². The number of nitrogens with zero attached hydrogens (tertiary/aromatic N) is 2. The Morgan fingerprint density at radius 3 is 2.82 bits per heavy atom. The maximum Gasteiger partial charge on any atom is 0.171 e. The maximum absolute atomic E-state index is 13.9. The van der Waals surface area contributed by atoms with Gasteiger partial charge in [0.1, 0.15) is 12.4 Å². The van der Waals surface area contributed by atoms with Crippen LogP contribution < -0.4 is 4.74 Å². The van der Waals surface area contributed by atoms with Crippen LogP contribution in [0.15, 0.2) is 36.8 Å². The first-order valence-electron chi connectivity index (χ1n) is 5.00. The Morgan fingerprint density at radius 2 is 2.18 bits per heavy atom. The van der Waals surface area contributed by atoms with Crippen LogP contribution in [0.5, 0.6) is 5.75 Å². The summed E-state index contributed by atoms with van der Waals surface area (Å²) >= 11 is 0. The number of hydrogen-bond donors (Lipinski definition) is 1. The number of rotatable bonds is 3. The highest BCUT2D eigenvalue weighted by Crippen LogP contribution is 2.27. The summed E-state index contributed by atoms with van der Waals surface area (Å²) in [5, 5.41) is 10.0. The first-order valence-corrected chi connectivity index (χ1v) is 5.00. The minimum Gasteiger partial charge on any atom is -0.494 e. The predicted molar refractivity (Wildman–Crippen MR) is 59.0 cm³/mol. The summed E-state index contributed by atoms with van der Waals surface area (Å²) in [7, 11) is 1.37. The van der Waals surface area contributed by atoms with Crippen LogP contribution in [0.2, 0.25) is 0 Å². The van der Waals surface area contributed by atoms with Gasteiger partial charge in [0.25, 0.3) is 0 Å². The SMILES string of the molecule is COc1cccc(C(O)c2ccncn2)c1F. The van der Waals surface area contributed by atoms with E-state index in [1.807, 2.05) is 0 Å². The Morgan fingerprint density at radius 1 is 1.35 bits per heavy atom. The lowest BCUT2D eigenvalue weighted by Gasteiger charge is -2.12. The molecule has 0 radical (unpaired) electrons. The van der Waals surface area contributed by atoms with Crippen LogP contribution in [0.3, 0.4) is 0 Å². The zero-order chi connectivity index (χ0) is 12.3. The second-order valence-corrected chi connectivity index (χ2v) is 3.40. The zero-order valence-electron chi connectivity index (χ0n) is 9.17. The second-order valence-electron chi connectivity index (χ2n) is 3.40. The van der Waals surface area contributed by atoms with Crippen molar-refractivity contribution in [2.75, 3.05) is 7.11 Å². The Hall–Kier alpha value is -2.01. The van der Waals surface area contributed by atoms with Crippen LogP contribution in [-0.2, 0) is 0 Å². The van der Waals surface area contributed by atoms with Gasteiger partial charge in [-0.1, -0.05) is 12.1 Å². The van der Waals surface area contributed by atoms with Gasteiger partial charge in [0.2, 0.25) is 0 Å². The normalized spacial score (nSPS) is 12.2. The topological polar surface area (TPSA) is 55.2 Å². The Kier molecular flexibility index (Phi) is 3.30. The Bertz CT molecular complexity index is 505. The molecule has 1 N–H and O–H groups in total. The molecule has 0 saturated carbocycles. The fourth-order valence-corrected chi connectivity index (χ4v) is 1.52. The molecule has 0 aliphatic carbocycles. The number of hydrogen-bond acceptors (Lipinski definition) is 4. The highest BCUT2D eigenvalue weighted by atomic mass is 19.1. The molecule has 1 aromatic carbocycles.